The molecule has 0 fully saturated rings. The molecular formula is C67H121NO8P+. The zero-order valence-corrected chi connectivity index (χ0v) is 51.6. The van der Waals surface area contributed by atoms with E-state index in [4.69, 9.17) is 18.5 Å². The summed E-state index contributed by atoms with van der Waals surface area (Å²) in [6.07, 6.45) is 78.1. The fraction of sp³-hybridized carbons (Fsp3) is 0.761. The summed E-state index contributed by atoms with van der Waals surface area (Å²) in [5.74, 6) is -0.788. The second kappa shape index (κ2) is 57.9. The van der Waals surface area contributed by atoms with E-state index in [1.807, 2.05) is 21.1 Å². The summed E-state index contributed by atoms with van der Waals surface area (Å²) in [6.45, 7) is 4.35. The Balaban J connectivity index is 4.02. The van der Waals surface area contributed by atoms with E-state index in [0.717, 1.165) is 77.0 Å². The molecule has 0 saturated carbocycles. The molecular weight excluding hydrogens is 978 g/mol. The SMILES string of the molecule is CC/C=C\C/C=C\C/C=C\C/C=C\C/C=C\C/C=C\C/C=C\CCCCCCCCCCCCCCCCCC(=O)OC(COC(=O)CCCCCCCCCCCCCCCCCC)COP(=O)(O)OCC[N+](C)(C)C. The molecule has 77 heavy (non-hydrogen) atoms. The van der Waals surface area contributed by atoms with Crippen LogP contribution in [0.15, 0.2) is 85.1 Å². The molecule has 0 aromatic heterocycles. The molecule has 0 aromatic carbocycles. The van der Waals surface area contributed by atoms with Gasteiger partial charge in [0.15, 0.2) is 6.10 Å². The van der Waals surface area contributed by atoms with E-state index in [1.165, 1.54) is 167 Å². The van der Waals surface area contributed by atoms with Crippen molar-refractivity contribution in [2.45, 2.75) is 283 Å². The third-order valence-corrected chi connectivity index (χ3v) is 14.7. The van der Waals surface area contributed by atoms with Gasteiger partial charge in [0.05, 0.1) is 27.7 Å². The van der Waals surface area contributed by atoms with Gasteiger partial charge in [-0.05, 0) is 70.6 Å². The summed E-state index contributed by atoms with van der Waals surface area (Å²) in [5.41, 5.74) is 0. The van der Waals surface area contributed by atoms with Crippen LogP contribution in [0.5, 0.6) is 0 Å². The summed E-state index contributed by atoms with van der Waals surface area (Å²) >= 11 is 0. The monoisotopic (exact) mass is 1100 g/mol. The number of unbranched alkanes of at least 4 members (excludes halogenated alkanes) is 30. The highest BCUT2D eigenvalue weighted by Crippen LogP contribution is 2.43. The van der Waals surface area contributed by atoms with Crippen LogP contribution in [0.3, 0.4) is 0 Å². The number of hydrogen-bond acceptors (Lipinski definition) is 7. The summed E-state index contributed by atoms with van der Waals surface area (Å²) < 4.78 is 34.6. The van der Waals surface area contributed by atoms with Gasteiger partial charge in [0.2, 0.25) is 0 Å². The van der Waals surface area contributed by atoms with Crippen LogP contribution < -0.4 is 0 Å². The first-order chi connectivity index (χ1) is 37.5. The fourth-order valence-electron chi connectivity index (χ4n) is 8.82. The molecule has 9 nitrogen and oxygen atoms in total. The fourth-order valence-corrected chi connectivity index (χ4v) is 9.56. The molecule has 0 saturated heterocycles. The molecule has 0 aliphatic rings. The van der Waals surface area contributed by atoms with Crippen LogP contribution in [0.2, 0.25) is 0 Å². The average molecular weight is 1100 g/mol. The maximum absolute atomic E-state index is 12.8. The number of likely N-dealkylation sites (N-methyl/N-ethyl adjacent to an activating group) is 1. The maximum Gasteiger partial charge on any atom is 0.472 e. The van der Waals surface area contributed by atoms with E-state index >= 15 is 0 Å². The molecule has 446 valence electrons. The molecule has 0 bridgehead atoms. The lowest BCUT2D eigenvalue weighted by atomic mass is 10.0. The molecule has 10 heteroatoms. The average Bonchev–Trinajstić information content (AvgIpc) is 3.39. The van der Waals surface area contributed by atoms with Gasteiger partial charge in [-0.1, -0.05) is 279 Å². The first-order valence-corrected chi connectivity index (χ1v) is 33.3. The number of carbonyl (C=O) groups is 2. The van der Waals surface area contributed by atoms with E-state index in [0.29, 0.717) is 23.9 Å². The Morgan fingerprint density at radius 3 is 1.10 bits per heavy atom. The van der Waals surface area contributed by atoms with Crippen molar-refractivity contribution >= 4 is 19.8 Å². The number of hydrogen-bond donors (Lipinski definition) is 1. The molecule has 0 aliphatic heterocycles. The third-order valence-electron chi connectivity index (χ3n) is 13.7. The zero-order valence-electron chi connectivity index (χ0n) is 50.7. The number of carbonyl (C=O) groups excluding carboxylic acids is 2. The van der Waals surface area contributed by atoms with E-state index < -0.39 is 26.5 Å². The van der Waals surface area contributed by atoms with Crippen molar-refractivity contribution in [2.75, 3.05) is 47.5 Å². The van der Waals surface area contributed by atoms with E-state index in [2.05, 4.69) is 98.9 Å². The van der Waals surface area contributed by atoms with Crippen molar-refractivity contribution in [3.8, 4) is 0 Å². The second-order valence-corrected chi connectivity index (χ2v) is 23.9. The highest BCUT2D eigenvalue weighted by Gasteiger charge is 2.27. The maximum atomic E-state index is 12.8. The third kappa shape index (κ3) is 62.3. The standard InChI is InChI=1S/C67H120NO8P/c1-6-8-10-12-14-16-18-20-22-24-25-26-27-28-29-30-31-32-33-34-35-36-37-38-39-40-41-42-43-44-46-48-50-52-54-56-58-60-67(70)76-65(64-75-77(71,72)74-62-61-68(3,4)5)63-73-66(69)59-57-55-53-51-49-47-45-23-21-19-17-15-13-11-9-7-2/h8,10,14,16,20,22,25-26,28-29,31-32,34-35,65H,6-7,9,11-13,15,17-19,21,23-24,27,30,33,36-64H2,1-5H3/p+1/b10-8-,16-14-,22-20-,26-25-,29-28-,32-31-,35-34-. The van der Waals surface area contributed by atoms with Crippen LogP contribution in [-0.2, 0) is 32.7 Å². The van der Waals surface area contributed by atoms with Crippen molar-refractivity contribution in [3.05, 3.63) is 85.1 Å². The second-order valence-electron chi connectivity index (χ2n) is 22.4. The van der Waals surface area contributed by atoms with E-state index in [9.17, 15) is 19.0 Å². The molecule has 0 spiro atoms. The quantitative estimate of drug-likeness (QED) is 0.0211. The van der Waals surface area contributed by atoms with Gasteiger partial charge in [-0.2, -0.15) is 0 Å². The molecule has 0 heterocycles. The molecule has 0 aromatic rings. The highest BCUT2D eigenvalue weighted by atomic mass is 31.2. The minimum Gasteiger partial charge on any atom is -0.462 e. The Morgan fingerprint density at radius 1 is 0.416 bits per heavy atom. The number of allylic oxidation sites excluding steroid dienone is 14. The summed E-state index contributed by atoms with van der Waals surface area (Å²) in [5, 5.41) is 0. The Bertz CT molecular complexity index is 1580. The number of quaternary nitrogens is 1. The smallest absolute Gasteiger partial charge is 0.462 e. The summed E-state index contributed by atoms with van der Waals surface area (Å²) in [4.78, 5) is 35.7. The molecule has 0 rings (SSSR count). The van der Waals surface area contributed by atoms with Crippen molar-refractivity contribution in [3.63, 3.8) is 0 Å². The van der Waals surface area contributed by atoms with Gasteiger partial charge in [0, 0.05) is 12.8 Å². The number of nitrogens with zero attached hydrogens (tertiary/aromatic N) is 1. The number of ether oxygens (including phenoxy) is 2. The lowest BCUT2D eigenvalue weighted by molar-refractivity contribution is -0.870. The van der Waals surface area contributed by atoms with Crippen molar-refractivity contribution in [1.82, 2.24) is 0 Å². The van der Waals surface area contributed by atoms with E-state index in [-0.39, 0.29) is 25.6 Å². The molecule has 2 unspecified atom stereocenters. The summed E-state index contributed by atoms with van der Waals surface area (Å²) in [7, 11) is 1.48. The van der Waals surface area contributed by atoms with Crippen molar-refractivity contribution in [2.24, 2.45) is 0 Å². The lowest BCUT2D eigenvalue weighted by Crippen LogP contribution is -2.37. The van der Waals surface area contributed by atoms with Gasteiger partial charge in [-0.25, -0.2) is 4.57 Å². The Labute approximate surface area is 475 Å². The van der Waals surface area contributed by atoms with Gasteiger partial charge in [-0.3, -0.25) is 18.6 Å². The van der Waals surface area contributed by atoms with Gasteiger partial charge in [-0.15, -0.1) is 0 Å². The largest absolute Gasteiger partial charge is 0.472 e. The Morgan fingerprint density at radius 2 is 0.740 bits per heavy atom. The van der Waals surface area contributed by atoms with E-state index in [1.54, 1.807) is 0 Å². The van der Waals surface area contributed by atoms with Gasteiger partial charge in [0.1, 0.15) is 19.8 Å². The zero-order chi connectivity index (χ0) is 56.3. The van der Waals surface area contributed by atoms with Crippen LogP contribution in [0.25, 0.3) is 0 Å². The van der Waals surface area contributed by atoms with Crippen LogP contribution >= 0.6 is 7.82 Å². The molecule has 2 atom stereocenters. The van der Waals surface area contributed by atoms with Gasteiger partial charge < -0.3 is 18.9 Å². The van der Waals surface area contributed by atoms with Gasteiger partial charge >= 0.3 is 19.8 Å². The minimum absolute atomic E-state index is 0.0314. The number of rotatable bonds is 58. The first kappa shape index (κ1) is 74.2. The molecule has 0 aliphatic carbocycles. The first-order valence-electron chi connectivity index (χ1n) is 31.8. The topological polar surface area (TPSA) is 108 Å². The molecule has 1 N–H and O–H groups in total. The normalized spacial score (nSPS) is 13.8. The lowest BCUT2D eigenvalue weighted by Gasteiger charge is -2.24. The van der Waals surface area contributed by atoms with Crippen LogP contribution in [0, 0.1) is 0 Å². The number of phosphoric acid groups is 1. The van der Waals surface area contributed by atoms with Crippen LogP contribution in [0.1, 0.15) is 277 Å². The predicted octanol–water partition coefficient (Wildman–Crippen LogP) is 20.2. The predicted molar refractivity (Wildman–Crippen MR) is 330 cm³/mol. The Kier molecular flexibility index (Phi) is 55.8. The molecule has 0 radical (unpaired) electrons. The van der Waals surface area contributed by atoms with Crippen molar-refractivity contribution < 1.29 is 42.1 Å². The highest BCUT2D eigenvalue weighted by molar-refractivity contribution is 7.47. The Hall–Kier alpha value is -2.81. The molecule has 0 amide bonds. The number of esters is 2. The number of phosphoric ester groups is 1. The van der Waals surface area contributed by atoms with Crippen molar-refractivity contribution in [1.29, 1.82) is 0 Å². The van der Waals surface area contributed by atoms with Gasteiger partial charge in [0.25, 0.3) is 0 Å². The minimum atomic E-state index is -4.39. The summed E-state index contributed by atoms with van der Waals surface area (Å²) in [6, 6.07) is 0. The van der Waals surface area contributed by atoms with Crippen LogP contribution in [0.4, 0.5) is 0 Å². The van der Waals surface area contributed by atoms with Crippen LogP contribution in [-0.4, -0.2) is 74.9 Å².